The summed E-state index contributed by atoms with van der Waals surface area (Å²) in [7, 11) is 0. The van der Waals surface area contributed by atoms with Gasteiger partial charge in [0.15, 0.2) is 0 Å². The highest BCUT2D eigenvalue weighted by Crippen LogP contribution is 2.13. The van der Waals surface area contributed by atoms with Gasteiger partial charge in [0.2, 0.25) is 11.1 Å². The van der Waals surface area contributed by atoms with Crippen LogP contribution in [0.4, 0.5) is 4.39 Å². The van der Waals surface area contributed by atoms with Crippen LogP contribution in [-0.4, -0.2) is 32.7 Å². The molecule has 1 aromatic heterocycles. The van der Waals surface area contributed by atoms with Gasteiger partial charge in [-0.3, -0.25) is 25.5 Å². The predicted octanol–water partition coefficient (Wildman–Crippen LogP) is 2.67. The number of hydrogen-bond donors (Lipinski definition) is 3. The van der Waals surface area contributed by atoms with Crippen LogP contribution < -0.4 is 10.9 Å². The monoisotopic (exact) mass is 397 g/mol. The molecular formula is C19H16FN5O2S. The molecule has 0 spiro atoms. The minimum atomic E-state index is -0.537. The fourth-order valence-electron chi connectivity index (χ4n) is 2.10. The Hall–Kier alpha value is -3.46. The van der Waals surface area contributed by atoms with Crippen molar-refractivity contribution < 1.29 is 14.0 Å². The summed E-state index contributed by atoms with van der Waals surface area (Å²) in [6, 6.07) is 14.7. The van der Waals surface area contributed by atoms with Crippen LogP contribution in [0.3, 0.4) is 0 Å². The van der Waals surface area contributed by atoms with Gasteiger partial charge in [-0.15, -0.1) is 5.10 Å². The molecule has 3 N–H and O–H groups in total. The molecule has 0 atom stereocenters. The van der Waals surface area contributed by atoms with Gasteiger partial charge >= 0.3 is 0 Å². The molecule has 3 rings (SSSR count). The first-order valence-corrected chi connectivity index (χ1v) is 9.22. The molecule has 142 valence electrons. The zero-order valence-corrected chi connectivity index (χ0v) is 15.4. The average molecular weight is 397 g/mol. The molecule has 9 heteroatoms. The molecule has 28 heavy (non-hydrogen) atoms. The van der Waals surface area contributed by atoms with Gasteiger partial charge < -0.3 is 0 Å². The summed E-state index contributed by atoms with van der Waals surface area (Å²) in [5, 5.41) is 7.21. The molecule has 0 bridgehead atoms. The molecule has 0 fully saturated rings. The number of aromatic nitrogens is 3. The van der Waals surface area contributed by atoms with Crippen LogP contribution >= 0.6 is 11.8 Å². The SMILES string of the molecule is O=C(CSc1n[nH]c(/C=C/c2ccccc2)n1)NNC(=O)c1ccc(F)cc1. The van der Waals surface area contributed by atoms with Gasteiger partial charge in [-0.25, -0.2) is 9.37 Å². The molecule has 1 heterocycles. The molecule has 0 aliphatic heterocycles. The summed E-state index contributed by atoms with van der Waals surface area (Å²) in [5.41, 5.74) is 5.82. The van der Waals surface area contributed by atoms with Gasteiger partial charge in [0.25, 0.3) is 5.91 Å². The second kappa shape index (κ2) is 9.47. The largest absolute Gasteiger partial charge is 0.272 e. The van der Waals surface area contributed by atoms with Gasteiger partial charge in [0.1, 0.15) is 11.6 Å². The first-order chi connectivity index (χ1) is 13.6. The van der Waals surface area contributed by atoms with E-state index in [2.05, 4.69) is 26.0 Å². The zero-order valence-electron chi connectivity index (χ0n) is 14.6. The fourth-order valence-corrected chi connectivity index (χ4v) is 2.71. The van der Waals surface area contributed by atoms with Crippen molar-refractivity contribution in [2.45, 2.75) is 5.16 Å². The Balaban J connectivity index is 1.43. The highest BCUT2D eigenvalue weighted by atomic mass is 32.2. The molecule has 0 saturated heterocycles. The Morgan fingerprint density at radius 3 is 2.54 bits per heavy atom. The number of amides is 2. The lowest BCUT2D eigenvalue weighted by atomic mass is 10.2. The molecule has 0 aliphatic carbocycles. The van der Waals surface area contributed by atoms with E-state index in [0.717, 1.165) is 17.3 Å². The average Bonchev–Trinajstić information content (AvgIpc) is 3.18. The zero-order chi connectivity index (χ0) is 19.8. The quantitative estimate of drug-likeness (QED) is 0.439. The number of nitrogens with one attached hydrogen (secondary N) is 3. The van der Waals surface area contributed by atoms with Crippen molar-refractivity contribution in [2.75, 3.05) is 5.75 Å². The molecule has 0 radical (unpaired) electrons. The lowest BCUT2D eigenvalue weighted by molar-refractivity contribution is -0.119. The maximum Gasteiger partial charge on any atom is 0.269 e. The van der Waals surface area contributed by atoms with E-state index in [1.165, 1.54) is 24.3 Å². The van der Waals surface area contributed by atoms with Gasteiger partial charge in [-0.2, -0.15) is 0 Å². The number of hydrogen-bond acceptors (Lipinski definition) is 5. The van der Waals surface area contributed by atoms with Gasteiger partial charge in [0, 0.05) is 5.56 Å². The van der Waals surface area contributed by atoms with Crippen LogP contribution in [0.15, 0.2) is 59.8 Å². The number of carbonyl (C=O) groups excluding carboxylic acids is 2. The van der Waals surface area contributed by atoms with E-state index in [4.69, 9.17) is 0 Å². The topological polar surface area (TPSA) is 99.8 Å². The summed E-state index contributed by atoms with van der Waals surface area (Å²) >= 11 is 1.12. The molecule has 0 unspecified atom stereocenters. The third-order valence-electron chi connectivity index (χ3n) is 3.47. The second-order valence-electron chi connectivity index (χ2n) is 5.55. The van der Waals surface area contributed by atoms with Crippen LogP contribution in [0.2, 0.25) is 0 Å². The van der Waals surface area contributed by atoms with Crippen LogP contribution in [0.25, 0.3) is 12.2 Å². The predicted molar refractivity (Wildman–Crippen MR) is 104 cm³/mol. The molecule has 0 saturated carbocycles. The van der Waals surface area contributed by atoms with Crippen LogP contribution in [0.1, 0.15) is 21.7 Å². The number of thioether (sulfide) groups is 1. The van der Waals surface area contributed by atoms with Crippen molar-refractivity contribution in [1.82, 2.24) is 26.0 Å². The number of nitrogens with zero attached hydrogens (tertiary/aromatic N) is 2. The minimum absolute atomic E-state index is 0.0173. The van der Waals surface area contributed by atoms with Crippen molar-refractivity contribution in [1.29, 1.82) is 0 Å². The molecule has 3 aromatic rings. The van der Waals surface area contributed by atoms with Crippen LogP contribution in [-0.2, 0) is 4.79 Å². The third-order valence-corrected chi connectivity index (χ3v) is 4.32. The first kappa shape index (κ1) is 19.3. The van der Waals surface area contributed by atoms with E-state index < -0.39 is 17.6 Å². The standard InChI is InChI=1S/C19H16FN5O2S/c20-15-9-7-14(8-10-15)18(27)24-23-17(26)12-28-19-21-16(22-25-19)11-6-13-4-2-1-3-5-13/h1-11H,12H2,(H,23,26)(H,24,27)(H,21,22,25)/b11-6+. The lowest BCUT2D eigenvalue weighted by Crippen LogP contribution is -2.42. The van der Waals surface area contributed by atoms with Gasteiger partial charge in [-0.1, -0.05) is 48.2 Å². The number of halogens is 1. The van der Waals surface area contributed by atoms with E-state index >= 15 is 0 Å². The van der Waals surface area contributed by atoms with Crippen molar-refractivity contribution in [3.05, 3.63) is 77.4 Å². The summed E-state index contributed by atoms with van der Waals surface area (Å²) in [5.74, 6) is -0.822. The number of rotatable bonds is 6. The number of hydrazine groups is 1. The van der Waals surface area contributed by atoms with Crippen molar-refractivity contribution in [3.63, 3.8) is 0 Å². The smallest absolute Gasteiger partial charge is 0.269 e. The number of carbonyl (C=O) groups is 2. The van der Waals surface area contributed by atoms with Crippen LogP contribution in [0, 0.1) is 5.82 Å². The maximum atomic E-state index is 12.8. The summed E-state index contributed by atoms with van der Waals surface area (Å²) < 4.78 is 12.8. The Morgan fingerprint density at radius 1 is 1.04 bits per heavy atom. The summed E-state index contributed by atoms with van der Waals surface area (Å²) in [6.45, 7) is 0. The van der Waals surface area contributed by atoms with E-state index in [-0.39, 0.29) is 11.3 Å². The van der Waals surface area contributed by atoms with Crippen LogP contribution in [0.5, 0.6) is 0 Å². The molecule has 7 nitrogen and oxygen atoms in total. The Morgan fingerprint density at radius 2 is 1.79 bits per heavy atom. The third kappa shape index (κ3) is 5.78. The Kier molecular flexibility index (Phi) is 6.53. The molecule has 2 amide bonds. The highest BCUT2D eigenvalue weighted by molar-refractivity contribution is 7.99. The normalized spacial score (nSPS) is 10.8. The van der Waals surface area contributed by atoms with Crippen molar-refractivity contribution in [2.24, 2.45) is 0 Å². The van der Waals surface area contributed by atoms with Crippen molar-refractivity contribution >= 4 is 35.7 Å². The van der Waals surface area contributed by atoms with Crippen molar-refractivity contribution in [3.8, 4) is 0 Å². The number of H-pyrrole nitrogens is 1. The van der Waals surface area contributed by atoms with Gasteiger partial charge in [-0.05, 0) is 35.9 Å². The van der Waals surface area contributed by atoms with E-state index in [1.54, 1.807) is 6.08 Å². The number of aromatic amines is 1. The van der Waals surface area contributed by atoms with E-state index in [0.29, 0.717) is 11.0 Å². The lowest BCUT2D eigenvalue weighted by Gasteiger charge is -2.06. The maximum absolute atomic E-state index is 12.8. The first-order valence-electron chi connectivity index (χ1n) is 8.23. The molecule has 2 aromatic carbocycles. The van der Waals surface area contributed by atoms with E-state index in [1.807, 2.05) is 36.4 Å². The molecular weight excluding hydrogens is 381 g/mol. The Bertz CT molecular complexity index is 974. The Labute approximate surface area is 164 Å². The highest BCUT2D eigenvalue weighted by Gasteiger charge is 2.09. The van der Waals surface area contributed by atoms with Gasteiger partial charge in [0.05, 0.1) is 5.75 Å². The summed E-state index contributed by atoms with van der Waals surface area (Å²) in [4.78, 5) is 27.9. The molecule has 0 aliphatic rings. The minimum Gasteiger partial charge on any atom is -0.272 e. The second-order valence-corrected chi connectivity index (χ2v) is 6.49. The fraction of sp³-hybridized carbons (Fsp3) is 0.0526. The number of benzene rings is 2. The summed E-state index contributed by atoms with van der Waals surface area (Å²) in [6.07, 6.45) is 3.68. The van der Waals surface area contributed by atoms with E-state index in [9.17, 15) is 14.0 Å².